The van der Waals surface area contributed by atoms with E-state index in [1.807, 2.05) is 18.6 Å². The lowest BCUT2D eigenvalue weighted by Gasteiger charge is -2.14. The molecule has 3 rings (SSSR count). The molecule has 0 unspecified atom stereocenters. The molecule has 0 bridgehead atoms. The highest BCUT2D eigenvalue weighted by atomic mass is 32.2. The second kappa shape index (κ2) is 6.10. The lowest BCUT2D eigenvalue weighted by atomic mass is 10.1. The Kier molecular flexibility index (Phi) is 4.17. The van der Waals surface area contributed by atoms with Crippen molar-refractivity contribution in [1.82, 2.24) is 14.9 Å². The molecule has 0 saturated heterocycles. The maximum atomic E-state index is 12.4. The maximum Gasteiger partial charge on any atom is 0.261 e. The molecule has 22 heavy (non-hydrogen) atoms. The van der Waals surface area contributed by atoms with Crippen molar-refractivity contribution in [2.75, 3.05) is 12.5 Å². The van der Waals surface area contributed by atoms with Crippen LogP contribution in [0.15, 0.2) is 40.5 Å². The summed E-state index contributed by atoms with van der Waals surface area (Å²) in [6.45, 7) is 0.163. The van der Waals surface area contributed by atoms with Crippen molar-refractivity contribution >= 4 is 35.3 Å². The summed E-state index contributed by atoms with van der Waals surface area (Å²) in [4.78, 5) is 34.7. The summed E-state index contributed by atoms with van der Waals surface area (Å²) in [5.74, 6) is -0.536. The number of nitrogens with zero attached hydrogens (tertiary/aromatic N) is 3. The summed E-state index contributed by atoms with van der Waals surface area (Å²) in [5, 5.41) is 1.46. The Morgan fingerprint density at radius 3 is 2.18 bits per heavy atom. The molecule has 0 radical (unpaired) electrons. The molecule has 0 spiro atoms. The molecule has 7 heteroatoms. The molecule has 2 amide bonds. The monoisotopic (exact) mass is 331 g/mol. The number of hydrogen-bond acceptors (Lipinski definition) is 6. The Morgan fingerprint density at radius 1 is 1.00 bits per heavy atom. The van der Waals surface area contributed by atoms with Crippen LogP contribution in [0.2, 0.25) is 0 Å². The fourth-order valence-electron chi connectivity index (χ4n) is 2.27. The van der Waals surface area contributed by atoms with Crippen LogP contribution in [-0.2, 0) is 6.54 Å². The molecule has 1 aromatic heterocycles. The van der Waals surface area contributed by atoms with Gasteiger partial charge in [0.1, 0.15) is 5.03 Å². The van der Waals surface area contributed by atoms with E-state index in [2.05, 4.69) is 9.97 Å². The number of imide groups is 1. The normalized spacial score (nSPS) is 13.6. The quantitative estimate of drug-likeness (QED) is 0.371. The summed E-state index contributed by atoms with van der Waals surface area (Å²) in [6, 6.07) is 8.69. The molecule has 0 aliphatic carbocycles. The average Bonchev–Trinajstić information content (AvgIpc) is 2.80. The average molecular weight is 331 g/mol. The second-order valence-corrected chi connectivity index (χ2v) is 6.23. The predicted molar refractivity (Wildman–Crippen MR) is 86.2 cm³/mol. The van der Waals surface area contributed by atoms with Crippen LogP contribution in [0.4, 0.5) is 0 Å². The third-order valence-corrected chi connectivity index (χ3v) is 4.50. The van der Waals surface area contributed by atoms with E-state index in [-0.39, 0.29) is 18.4 Å². The van der Waals surface area contributed by atoms with Gasteiger partial charge in [-0.25, -0.2) is 9.97 Å². The van der Waals surface area contributed by atoms with Gasteiger partial charge in [0, 0.05) is 0 Å². The van der Waals surface area contributed by atoms with Crippen molar-refractivity contribution in [3.63, 3.8) is 0 Å². The smallest absolute Gasteiger partial charge is 0.261 e. The number of benzene rings is 1. The molecular weight excluding hydrogens is 318 g/mol. The molecule has 0 atom stereocenters. The lowest BCUT2D eigenvalue weighted by molar-refractivity contribution is 0.0640. The number of rotatable bonds is 4. The van der Waals surface area contributed by atoms with E-state index in [1.165, 1.54) is 28.4 Å². The van der Waals surface area contributed by atoms with Gasteiger partial charge >= 0.3 is 0 Å². The number of amides is 2. The van der Waals surface area contributed by atoms with Crippen LogP contribution in [0.5, 0.6) is 0 Å². The zero-order valence-electron chi connectivity index (χ0n) is 12.1. The zero-order valence-corrected chi connectivity index (χ0v) is 13.7. The van der Waals surface area contributed by atoms with Gasteiger partial charge in [-0.15, -0.1) is 11.8 Å². The second-order valence-electron chi connectivity index (χ2n) is 4.63. The SMILES string of the molecule is CSc1cc(CN2C(=O)c3ccccc3C2=O)nc(SC)n1. The summed E-state index contributed by atoms with van der Waals surface area (Å²) in [5.41, 5.74) is 1.58. The predicted octanol–water partition coefficient (Wildman–Crippen LogP) is 2.72. The van der Waals surface area contributed by atoms with Gasteiger partial charge in [0.2, 0.25) is 0 Å². The van der Waals surface area contributed by atoms with Crippen molar-refractivity contribution in [3.8, 4) is 0 Å². The third kappa shape index (κ3) is 2.62. The van der Waals surface area contributed by atoms with Crippen LogP contribution in [0.25, 0.3) is 0 Å². The fourth-order valence-corrected chi connectivity index (χ4v) is 3.16. The van der Waals surface area contributed by atoms with Gasteiger partial charge in [-0.2, -0.15) is 0 Å². The van der Waals surface area contributed by atoms with Gasteiger partial charge < -0.3 is 0 Å². The molecule has 5 nitrogen and oxygen atoms in total. The first-order valence-electron chi connectivity index (χ1n) is 6.55. The van der Waals surface area contributed by atoms with Gasteiger partial charge in [-0.3, -0.25) is 14.5 Å². The van der Waals surface area contributed by atoms with E-state index in [0.29, 0.717) is 22.0 Å². The van der Waals surface area contributed by atoms with Gasteiger partial charge in [0.25, 0.3) is 11.8 Å². The van der Waals surface area contributed by atoms with Gasteiger partial charge in [0.15, 0.2) is 5.16 Å². The van der Waals surface area contributed by atoms with Crippen molar-refractivity contribution in [3.05, 3.63) is 47.2 Å². The minimum absolute atomic E-state index is 0.163. The summed E-state index contributed by atoms with van der Waals surface area (Å²) in [7, 11) is 0. The number of fused-ring (bicyclic) bond motifs is 1. The van der Waals surface area contributed by atoms with Crippen molar-refractivity contribution in [2.24, 2.45) is 0 Å². The highest BCUT2D eigenvalue weighted by molar-refractivity contribution is 7.99. The largest absolute Gasteiger partial charge is 0.269 e. The molecule has 2 heterocycles. The number of hydrogen-bond donors (Lipinski definition) is 0. The van der Waals surface area contributed by atoms with Crippen molar-refractivity contribution < 1.29 is 9.59 Å². The number of aromatic nitrogens is 2. The Hall–Kier alpha value is -1.86. The number of thioether (sulfide) groups is 2. The minimum Gasteiger partial charge on any atom is -0.269 e. The molecule has 2 aromatic rings. The van der Waals surface area contributed by atoms with Gasteiger partial charge in [-0.1, -0.05) is 23.9 Å². The van der Waals surface area contributed by atoms with E-state index in [9.17, 15) is 9.59 Å². The molecule has 1 aliphatic rings. The van der Waals surface area contributed by atoms with E-state index in [0.717, 1.165) is 5.03 Å². The molecule has 112 valence electrons. The van der Waals surface area contributed by atoms with Crippen LogP contribution in [0.1, 0.15) is 26.4 Å². The molecule has 0 fully saturated rings. The van der Waals surface area contributed by atoms with Crippen LogP contribution in [0.3, 0.4) is 0 Å². The van der Waals surface area contributed by atoms with E-state index < -0.39 is 0 Å². The Bertz CT molecular complexity index is 707. The number of carbonyl (C=O) groups excluding carboxylic acids is 2. The summed E-state index contributed by atoms with van der Waals surface area (Å²) < 4.78 is 0. The first kappa shape index (κ1) is 15.1. The first-order valence-corrected chi connectivity index (χ1v) is 9.00. The maximum absolute atomic E-state index is 12.4. The summed E-state index contributed by atoms with van der Waals surface area (Å²) >= 11 is 2.94. The molecule has 0 saturated carbocycles. The Balaban J connectivity index is 1.92. The molecule has 1 aromatic carbocycles. The molecule has 0 N–H and O–H groups in total. The third-order valence-electron chi connectivity index (χ3n) is 3.33. The van der Waals surface area contributed by atoms with E-state index in [4.69, 9.17) is 0 Å². The highest BCUT2D eigenvalue weighted by Crippen LogP contribution is 2.25. The van der Waals surface area contributed by atoms with Crippen LogP contribution >= 0.6 is 23.5 Å². The lowest BCUT2D eigenvalue weighted by Crippen LogP contribution is -2.29. The van der Waals surface area contributed by atoms with Crippen LogP contribution < -0.4 is 0 Å². The van der Waals surface area contributed by atoms with Gasteiger partial charge in [-0.05, 0) is 30.7 Å². The minimum atomic E-state index is -0.268. The zero-order chi connectivity index (χ0) is 15.7. The Labute approximate surface area is 136 Å². The van der Waals surface area contributed by atoms with Crippen LogP contribution in [0, 0.1) is 0 Å². The van der Waals surface area contributed by atoms with E-state index in [1.54, 1.807) is 24.3 Å². The fraction of sp³-hybridized carbons (Fsp3) is 0.200. The van der Waals surface area contributed by atoms with Gasteiger partial charge in [0.05, 0.1) is 23.4 Å². The number of carbonyl (C=O) groups is 2. The Morgan fingerprint density at radius 2 is 1.64 bits per heavy atom. The topological polar surface area (TPSA) is 63.2 Å². The standard InChI is InChI=1S/C15H13N3O2S2/c1-21-12-7-9(16-15(17-12)22-2)8-18-13(19)10-5-3-4-6-11(10)14(18)20/h3-7H,8H2,1-2H3. The highest BCUT2D eigenvalue weighted by Gasteiger charge is 2.35. The van der Waals surface area contributed by atoms with E-state index >= 15 is 0 Å². The van der Waals surface area contributed by atoms with Crippen LogP contribution in [-0.4, -0.2) is 39.2 Å². The van der Waals surface area contributed by atoms with Crippen molar-refractivity contribution in [2.45, 2.75) is 16.7 Å². The van der Waals surface area contributed by atoms with Crippen molar-refractivity contribution in [1.29, 1.82) is 0 Å². The molecular formula is C15H13N3O2S2. The molecule has 1 aliphatic heterocycles. The first-order chi connectivity index (χ1) is 10.6. The summed E-state index contributed by atoms with van der Waals surface area (Å²) in [6.07, 6.45) is 3.82.